The van der Waals surface area contributed by atoms with Crippen LogP contribution < -0.4 is 4.90 Å². The zero-order valence-corrected chi connectivity index (χ0v) is 11.1. The molecular weight excluding hydrogens is 230 g/mol. The molecule has 0 aromatic heterocycles. The van der Waals surface area contributed by atoms with Gasteiger partial charge in [-0.15, -0.1) is 0 Å². The number of rotatable bonds is 5. The molecule has 0 saturated carbocycles. The average Bonchev–Trinajstić information content (AvgIpc) is 2.40. The Labute approximate surface area is 108 Å². The monoisotopic (exact) mass is 251 g/mol. The van der Waals surface area contributed by atoms with Gasteiger partial charge in [0, 0.05) is 25.4 Å². The Balaban J connectivity index is 2.11. The van der Waals surface area contributed by atoms with Gasteiger partial charge < -0.3 is 19.1 Å². The van der Waals surface area contributed by atoms with E-state index in [1.807, 2.05) is 32.0 Å². The van der Waals surface area contributed by atoms with Crippen molar-refractivity contribution in [2.75, 3.05) is 37.8 Å². The quantitative estimate of drug-likeness (QED) is 0.751. The summed E-state index contributed by atoms with van der Waals surface area (Å²) in [5.41, 5.74) is 1.17. The molecule has 1 aliphatic heterocycles. The first-order valence-corrected chi connectivity index (χ1v) is 6.51. The highest BCUT2D eigenvalue weighted by Crippen LogP contribution is 2.25. The number of morpholine rings is 1. The second kappa shape index (κ2) is 6.18. The summed E-state index contributed by atoms with van der Waals surface area (Å²) in [5, 5.41) is 0. The minimum absolute atomic E-state index is 0.572. The van der Waals surface area contributed by atoms with Gasteiger partial charge in [-0.1, -0.05) is 18.2 Å². The van der Waals surface area contributed by atoms with Crippen molar-refractivity contribution in [3.05, 3.63) is 30.3 Å². The van der Waals surface area contributed by atoms with E-state index in [1.54, 1.807) is 0 Å². The van der Waals surface area contributed by atoms with Gasteiger partial charge in [-0.05, 0) is 26.0 Å². The van der Waals surface area contributed by atoms with E-state index in [4.69, 9.17) is 14.2 Å². The number of para-hydroxylation sites is 1. The fourth-order valence-electron chi connectivity index (χ4n) is 2.19. The molecule has 1 aromatic carbocycles. The molecule has 4 heteroatoms. The lowest BCUT2D eigenvalue weighted by Crippen LogP contribution is -2.55. The third kappa shape index (κ3) is 3.02. The van der Waals surface area contributed by atoms with Gasteiger partial charge in [0.05, 0.1) is 6.61 Å². The summed E-state index contributed by atoms with van der Waals surface area (Å²) in [6.45, 7) is 7.10. The lowest BCUT2D eigenvalue weighted by atomic mass is 10.2. The van der Waals surface area contributed by atoms with E-state index in [-0.39, 0.29) is 0 Å². The Kier molecular flexibility index (Phi) is 4.58. The van der Waals surface area contributed by atoms with E-state index in [1.165, 1.54) is 5.69 Å². The number of hydrogen-bond acceptors (Lipinski definition) is 4. The summed E-state index contributed by atoms with van der Waals surface area (Å²) in [4.78, 5) is 2.23. The summed E-state index contributed by atoms with van der Waals surface area (Å²) in [5.74, 6) is -0.919. The second-order valence-corrected chi connectivity index (χ2v) is 4.15. The van der Waals surface area contributed by atoms with E-state index >= 15 is 0 Å². The van der Waals surface area contributed by atoms with E-state index in [0.29, 0.717) is 26.4 Å². The highest BCUT2D eigenvalue weighted by Gasteiger charge is 2.38. The Bertz CT molecular complexity index is 344. The fraction of sp³-hybridized carbons (Fsp3) is 0.571. The molecule has 0 spiro atoms. The molecule has 4 nitrogen and oxygen atoms in total. The Morgan fingerprint density at radius 2 is 1.83 bits per heavy atom. The van der Waals surface area contributed by atoms with Gasteiger partial charge >= 0.3 is 5.97 Å². The number of anilines is 1. The van der Waals surface area contributed by atoms with Crippen molar-refractivity contribution in [3.63, 3.8) is 0 Å². The second-order valence-electron chi connectivity index (χ2n) is 4.15. The fourth-order valence-corrected chi connectivity index (χ4v) is 2.19. The average molecular weight is 251 g/mol. The molecule has 18 heavy (non-hydrogen) atoms. The molecule has 0 N–H and O–H groups in total. The van der Waals surface area contributed by atoms with Crippen molar-refractivity contribution >= 4 is 5.69 Å². The SMILES string of the molecule is CCOC1(OCC)CN(c2ccccc2)CCO1. The number of nitrogens with zero attached hydrogens (tertiary/aromatic N) is 1. The minimum Gasteiger partial charge on any atom is -0.361 e. The van der Waals surface area contributed by atoms with Crippen molar-refractivity contribution in [1.29, 1.82) is 0 Å². The lowest BCUT2D eigenvalue weighted by Gasteiger charge is -2.42. The van der Waals surface area contributed by atoms with Crippen molar-refractivity contribution in [2.24, 2.45) is 0 Å². The predicted octanol–water partition coefficient (Wildman–Crippen LogP) is 2.25. The van der Waals surface area contributed by atoms with Gasteiger partial charge in [0.25, 0.3) is 0 Å². The van der Waals surface area contributed by atoms with Crippen LogP contribution in [0.1, 0.15) is 13.8 Å². The minimum atomic E-state index is -0.919. The van der Waals surface area contributed by atoms with Crippen LogP contribution in [-0.2, 0) is 14.2 Å². The Morgan fingerprint density at radius 3 is 2.44 bits per heavy atom. The molecule has 0 aliphatic carbocycles. The van der Waals surface area contributed by atoms with Crippen LogP contribution in [0.4, 0.5) is 5.69 Å². The zero-order valence-electron chi connectivity index (χ0n) is 11.1. The molecule has 1 heterocycles. The van der Waals surface area contributed by atoms with E-state index in [9.17, 15) is 0 Å². The maximum atomic E-state index is 5.71. The van der Waals surface area contributed by atoms with Crippen LogP contribution in [0, 0.1) is 0 Å². The van der Waals surface area contributed by atoms with Gasteiger partial charge in [0.2, 0.25) is 0 Å². The molecule has 0 atom stereocenters. The largest absolute Gasteiger partial charge is 0.361 e. The molecule has 0 radical (unpaired) electrons. The van der Waals surface area contributed by atoms with Crippen LogP contribution >= 0.6 is 0 Å². The smallest absolute Gasteiger partial charge is 0.301 e. The molecule has 0 unspecified atom stereocenters. The Morgan fingerprint density at radius 1 is 1.17 bits per heavy atom. The van der Waals surface area contributed by atoms with Crippen LogP contribution in [-0.4, -0.2) is 38.9 Å². The molecule has 1 aromatic rings. The van der Waals surface area contributed by atoms with Crippen LogP contribution in [0.15, 0.2) is 30.3 Å². The third-order valence-corrected chi connectivity index (χ3v) is 2.92. The summed E-state index contributed by atoms with van der Waals surface area (Å²) in [7, 11) is 0. The number of benzene rings is 1. The van der Waals surface area contributed by atoms with Crippen LogP contribution in [0.2, 0.25) is 0 Å². The van der Waals surface area contributed by atoms with Crippen molar-refractivity contribution in [3.8, 4) is 0 Å². The number of ether oxygens (including phenoxy) is 3. The van der Waals surface area contributed by atoms with Crippen LogP contribution in [0.3, 0.4) is 0 Å². The normalized spacial score (nSPS) is 18.9. The number of hydrogen-bond donors (Lipinski definition) is 0. The third-order valence-electron chi connectivity index (χ3n) is 2.92. The van der Waals surface area contributed by atoms with Gasteiger partial charge in [0.15, 0.2) is 0 Å². The molecule has 1 fully saturated rings. The Hall–Kier alpha value is -1.10. The van der Waals surface area contributed by atoms with Crippen LogP contribution in [0.5, 0.6) is 0 Å². The van der Waals surface area contributed by atoms with Gasteiger partial charge in [-0.3, -0.25) is 0 Å². The highest BCUT2D eigenvalue weighted by molar-refractivity contribution is 5.46. The summed E-state index contributed by atoms with van der Waals surface area (Å²) < 4.78 is 17.1. The lowest BCUT2D eigenvalue weighted by molar-refractivity contribution is -0.377. The first-order chi connectivity index (χ1) is 8.79. The first-order valence-electron chi connectivity index (χ1n) is 6.51. The molecule has 1 aliphatic rings. The first kappa shape index (κ1) is 13.3. The van der Waals surface area contributed by atoms with E-state index < -0.39 is 5.97 Å². The molecule has 2 rings (SSSR count). The maximum Gasteiger partial charge on any atom is 0.301 e. The van der Waals surface area contributed by atoms with Gasteiger partial charge in [-0.2, -0.15) is 0 Å². The molecule has 0 amide bonds. The van der Waals surface area contributed by atoms with E-state index in [0.717, 1.165) is 6.54 Å². The summed E-state index contributed by atoms with van der Waals surface area (Å²) in [6.07, 6.45) is 0. The van der Waals surface area contributed by atoms with E-state index in [2.05, 4.69) is 17.0 Å². The maximum absolute atomic E-state index is 5.71. The van der Waals surface area contributed by atoms with Crippen molar-refractivity contribution in [2.45, 2.75) is 19.8 Å². The topological polar surface area (TPSA) is 30.9 Å². The highest BCUT2D eigenvalue weighted by atomic mass is 16.9. The molecule has 100 valence electrons. The summed E-state index contributed by atoms with van der Waals surface area (Å²) >= 11 is 0. The summed E-state index contributed by atoms with van der Waals surface area (Å²) in [6, 6.07) is 10.3. The predicted molar refractivity (Wildman–Crippen MR) is 70.6 cm³/mol. The standard InChI is InChI=1S/C14H21NO3/c1-3-16-14(17-4-2)12-15(10-11-18-14)13-8-6-5-7-9-13/h5-9H,3-4,10-12H2,1-2H3. The molecular formula is C14H21NO3. The molecule has 0 bridgehead atoms. The van der Waals surface area contributed by atoms with Gasteiger partial charge in [-0.25, -0.2) is 0 Å². The van der Waals surface area contributed by atoms with Crippen LogP contribution in [0.25, 0.3) is 0 Å². The van der Waals surface area contributed by atoms with Gasteiger partial charge in [0.1, 0.15) is 6.54 Å². The van der Waals surface area contributed by atoms with Crippen molar-refractivity contribution < 1.29 is 14.2 Å². The zero-order chi connectivity index (χ0) is 12.8. The van der Waals surface area contributed by atoms with Crippen molar-refractivity contribution in [1.82, 2.24) is 0 Å². The molecule has 1 saturated heterocycles.